The highest BCUT2D eigenvalue weighted by atomic mass is 16.3. The van der Waals surface area contributed by atoms with Crippen molar-refractivity contribution in [3.63, 3.8) is 0 Å². The lowest BCUT2D eigenvalue weighted by atomic mass is 10.2. The zero-order valence-electron chi connectivity index (χ0n) is 42.8. The smallest absolute Gasteiger partial charge is 0.180 e. The fourth-order valence-electron chi connectivity index (χ4n) is 1.67. The highest BCUT2D eigenvalue weighted by molar-refractivity contribution is 4.88. The molecule has 0 radical (unpaired) electrons. The number of tetrazole rings is 1. The van der Waals surface area contributed by atoms with E-state index >= 15 is 0 Å². The first-order valence-corrected chi connectivity index (χ1v) is 21.5. The second kappa shape index (κ2) is 60.4. The largest absolute Gasteiger partial charge is 0.452 e. The van der Waals surface area contributed by atoms with Gasteiger partial charge < -0.3 is 9.40 Å². The van der Waals surface area contributed by atoms with Crippen molar-refractivity contribution in [2.75, 3.05) is 0 Å². The summed E-state index contributed by atoms with van der Waals surface area (Å²) in [5.41, 5.74) is 0. The van der Waals surface area contributed by atoms with Crippen LogP contribution in [0.2, 0.25) is 0 Å². The van der Waals surface area contributed by atoms with Gasteiger partial charge >= 0.3 is 0 Å². The lowest BCUT2D eigenvalue weighted by Crippen LogP contribution is -1.88. The Labute approximate surface area is 382 Å². The van der Waals surface area contributed by atoms with Gasteiger partial charge in [0, 0.05) is 43.1 Å². The highest BCUT2D eigenvalue weighted by Gasteiger charge is 2.00. The maximum Gasteiger partial charge on any atom is 0.180 e. The Bertz CT molecular complexity index is 1180. The van der Waals surface area contributed by atoms with E-state index in [1.807, 2.05) is 38.1 Å². The van der Waals surface area contributed by atoms with Gasteiger partial charge in [0.2, 0.25) is 0 Å². The van der Waals surface area contributed by atoms with Crippen LogP contribution in [0.1, 0.15) is 150 Å². The number of hydrogen-bond acceptors (Lipinski definition) is 12. The molecule has 0 saturated heterocycles. The van der Waals surface area contributed by atoms with Crippen LogP contribution in [0, 0.1) is 35.5 Å². The molecular weight excluding hydrogens is 793 g/mol. The van der Waals surface area contributed by atoms with Crippen molar-refractivity contribution in [3.8, 4) is 0 Å². The van der Waals surface area contributed by atoms with Gasteiger partial charge in [-0.05, 0) is 53.7 Å². The second-order valence-electron chi connectivity index (χ2n) is 16.9. The topological polar surface area (TPSA) is 234 Å². The third-order valence-electron chi connectivity index (χ3n) is 3.27. The van der Waals surface area contributed by atoms with Crippen molar-refractivity contribution in [3.05, 3.63) is 118 Å². The standard InChI is InChI=1S/C5H5N.C4H8N4.6C4H10.2C3H4N2.C3H3NO.2C2H3N3/c1-2-4-6-5-3-1;1-3(2)4-5-7-8-6-4;6*1-4(2)3;1-2-5-3-4-1;1-2-4-5-3-1;1-2-5-3-4-1;1-3-2-5-4-1;1-2-4-5-3-1/h1-5H;3H,1-2H3,(H,5,6,7,8);6*4H,1-3H3;2*1-3H,(H,4,5);1-3H;2*1-2H,(H,3,4,5). The summed E-state index contributed by atoms with van der Waals surface area (Å²) in [6.45, 7) is 43.0. The van der Waals surface area contributed by atoms with Gasteiger partial charge in [0.1, 0.15) is 18.9 Å². The van der Waals surface area contributed by atoms with Gasteiger partial charge in [-0.1, -0.05) is 150 Å². The summed E-state index contributed by atoms with van der Waals surface area (Å²) in [6.07, 6.45) is 22.6. The number of rotatable bonds is 1. The number of hydrogen-bond donors (Lipinski definition) is 5. The second-order valence-corrected chi connectivity index (χ2v) is 16.9. The number of aromatic amines is 5. The van der Waals surface area contributed by atoms with Gasteiger partial charge in [0.15, 0.2) is 12.2 Å². The SMILES string of the molecule is CC(C)C.CC(C)C.CC(C)C.CC(C)C.CC(C)C.CC(C)C.CC(C)c1nn[nH]n1.c1c[nH]cn1.c1ccncc1.c1cn[nH]c1.c1cn[nH]n1.c1cocn1.c1nc[nH]n1. The number of oxazole rings is 1. The molecule has 0 aromatic carbocycles. The molecule has 7 aromatic heterocycles. The van der Waals surface area contributed by atoms with Gasteiger partial charge in [-0.25, -0.2) is 15.0 Å². The number of aromatic nitrogens is 16. The molecule has 63 heavy (non-hydrogen) atoms. The van der Waals surface area contributed by atoms with E-state index in [1.54, 1.807) is 62.1 Å². The predicted molar refractivity (Wildman–Crippen MR) is 262 cm³/mol. The zero-order chi connectivity index (χ0) is 49.4. The van der Waals surface area contributed by atoms with Crippen molar-refractivity contribution in [2.24, 2.45) is 35.5 Å². The summed E-state index contributed by atoms with van der Waals surface area (Å²) < 4.78 is 4.47. The maximum atomic E-state index is 4.47. The Hall–Kier alpha value is -5.87. The molecule has 0 atom stereocenters. The molecule has 7 rings (SSSR count). The van der Waals surface area contributed by atoms with Crippen molar-refractivity contribution in [1.29, 1.82) is 0 Å². The molecule has 0 aliphatic rings. The van der Waals surface area contributed by atoms with Crippen LogP contribution in [0.3, 0.4) is 0 Å². The summed E-state index contributed by atoms with van der Waals surface area (Å²) in [5.74, 6) is 6.14. The summed E-state index contributed by atoms with van der Waals surface area (Å²) in [4.78, 5) is 17.3. The van der Waals surface area contributed by atoms with E-state index in [-0.39, 0.29) is 0 Å². The number of nitrogens with one attached hydrogen (secondary N) is 5. The molecular formula is C46H90N16O. The highest BCUT2D eigenvalue weighted by Crippen LogP contribution is 2.03. The molecule has 5 N–H and O–H groups in total. The first kappa shape index (κ1) is 68.8. The predicted octanol–water partition coefficient (Wildman–Crippen LogP) is 12.5. The van der Waals surface area contributed by atoms with E-state index in [9.17, 15) is 0 Å². The van der Waals surface area contributed by atoms with Gasteiger partial charge in [0.25, 0.3) is 0 Å². The molecule has 7 aromatic rings. The minimum atomic E-state index is 0.369. The molecule has 360 valence electrons. The Morgan fingerprint density at radius 2 is 0.952 bits per heavy atom. The molecule has 17 heteroatoms. The minimum Gasteiger partial charge on any atom is -0.452 e. The Balaban J connectivity index is -0.000000141. The fraction of sp³-hybridized carbons (Fsp3) is 0.587. The molecule has 0 aliphatic carbocycles. The first-order valence-electron chi connectivity index (χ1n) is 21.5. The summed E-state index contributed by atoms with van der Waals surface area (Å²) >= 11 is 0. The molecule has 0 unspecified atom stereocenters. The van der Waals surface area contributed by atoms with Crippen LogP contribution in [0.15, 0.2) is 116 Å². The van der Waals surface area contributed by atoms with Crippen molar-refractivity contribution >= 4 is 0 Å². The van der Waals surface area contributed by atoms with E-state index in [1.165, 1.54) is 25.3 Å². The van der Waals surface area contributed by atoms with Crippen LogP contribution in [-0.4, -0.2) is 81.3 Å². The zero-order valence-corrected chi connectivity index (χ0v) is 42.8. The maximum absolute atomic E-state index is 4.47. The Kier molecular flexibility index (Phi) is 66.0. The van der Waals surface area contributed by atoms with Crippen LogP contribution >= 0.6 is 0 Å². The Morgan fingerprint density at radius 3 is 1.08 bits per heavy atom. The molecule has 0 fully saturated rings. The summed E-state index contributed by atoms with van der Waals surface area (Å²) in [5, 5.41) is 34.9. The van der Waals surface area contributed by atoms with Gasteiger partial charge in [0.05, 0.1) is 24.9 Å². The van der Waals surface area contributed by atoms with Crippen LogP contribution in [0.25, 0.3) is 0 Å². The fourth-order valence-corrected chi connectivity index (χ4v) is 1.67. The average Bonchev–Trinajstić information content (AvgIpc) is 4.07. The van der Waals surface area contributed by atoms with Crippen LogP contribution in [0.5, 0.6) is 0 Å². The van der Waals surface area contributed by atoms with Gasteiger partial charge in [-0.2, -0.15) is 30.8 Å². The monoisotopic (exact) mass is 883 g/mol. The molecule has 0 saturated carbocycles. The summed E-state index contributed by atoms with van der Waals surface area (Å²) in [6, 6.07) is 7.55. The molecule has 7 heterocycles. The van der Waals surface area contributed by atoms with Crippen LogP contribution < -0.4 is 0 Å². The quantitative estimate of drug-likeness (QED) is 0.104. The molecule has 17 nitrogen and oxygen atoms in total. The number of H-pyrrole nitrogens is 5. The number of nitrogens with zero attached hydrogens (tertiary/aromatic N) is 11. The third kappa shape index (κ3) is 126. The van der Waals surface area contributed by atoms with Gasteiger partial charge in [-0.15, -0.1) is 10.2 Å². The van der Waals surface area contributed by atoms with E-state index in [2.05, 4.69) is 210 Å². The normalized spacial score (nSPS) is 8.68. The van der Waals surface area contributed by atoms with Crippen molar-refractivity contribution in [1.82, 2.24) is 81.3 Å². The van der Waals surface area contributed by atoms with E-state index in [0.29, 0.717) is 5.92 Å². The van der Waals surface area contributed by atoms with E-state index in [4.69, 9.17) is 0 Å². The Morgan fingerprint density at radius 1 is 0.429 bits per heavy atom. The summed E-state index contributed by atoms with van der Waals surface area (Å²) in [7, 11) is 0. The van der Waals surface area contributed by atoms with E-state index < -0.39 is 0 Å². The number of imidazole rings is 1. The lowest BCUT2D eigenvalue weighted by Gasteiger charge is -1.90. The van der Waals surface area contributed by atoms with Crippen molar-refractivity contribution in [2.45, 2.75) is 144 Å². The van der Waals surface area contributed by atoms with Crippen LogP contribution in [-0.2, 0) is 0 Å². The molecule has 0 spiro atoms. The van der Waals surface area contributed by atoms with Gasteiger partial charge in [-0.3, -0.25) is 15.2 Å². The van der Waals surface area contributed by atoms with E-state index in [0.717, 1.165) is 41.3 Å². The lowest BCUT2D eigenvalue weighted by molar-refractivity contribution is 0.558. The first-order chi connectivity index (χ1) is 29.7. The third-order valence-corrected chi connectivity index (χ3v) is 3.27. The molecule has 0 bridgehead atoms. The number of pyridine rings is 1. The molecule has 0 amide bonds. The average molecular weight is 883 g/mol. The minimum absolute atomic E-state index is 0.369. The molecule has 0 aliphatic heterocycles. The van der Waals surface area contributed by atoms with Crippen molar-refractivity contribution < 1.29 is 4.42 Å². The van der Waals surface area contributed by atoms with Crippen LogP contribution in [0.4, 0.5) is 0 Å².